The zero-order valence-corrected chi connectivity index (χ0v) is 16.0. The maximum absolute atomic E-state index is 6.29. The summed E-state index contributed by atoms with van der Waals surface area (Å²) < 4.78 is 17.5. The van der Waals surface area contributed by atoms with Gasteiger partial charge in [0.25, 0.3) is 0 Å². The van der Waals surface area contributed by atoms with Gasteiger partial charge < -0.3 is 14.2 Å². The second-order valence-electron chi connectivity index (χ2n) is 6.69. The molecule has 0 aromatic heterocycles. The topological polar surface area (TPSA) is 27.7 Å². The van der Waals surface area contributed by atoms with Crippen LogP contribution in [-0.4, -0.2) is 25.1 Å². The van der Waals surface area contributed by atoms with Gasteiger partial charge in [-0.25, -0.2) is 0 Å². The molecular weight excluding hydrogens is 300 g/mol. The molecule has 0 saturated heterocycles. The van der Waals surface area contributed by atoms with Gasteiger partial charge in [0.15, 0.2) is 6.29 Å². The summed E-state index contributed by atoms with van der Waals surface area (Å²) in [5.74, 6) is 0. The molecule has 0 spiro atoms. The Balaban J connectivity index is 2.55. The number of allylic oxidation sites excluding steroid dienone is 2. The Morgan fingerprint density at radius 2 is 1.83 bits per heavy atom. The Morgan fingerprint density at radius 3 is 2.46 bits per heavy atom. The average molecular weight is 334 g/mol. The lowest BCUT2D eigenvalue weighted by Gasteiger charge is -2.30. The van der Waals surface area contributed by atoms with Gasteiger partial charge in [-0.3, -0.25) is 0 Å². The molecule has 1 aromatic carbocycles. The first-order valence-corrected chi connectivity index (χ1v) is 8.99. The van der Waals surface area contributed by atoms with Crippen LogP contribution in [0, 0.1) is 0 Å². The molecule has 0 bridgehead atoms. The highest BCUT2D eigenvalue weighted by Gasteiger charge is 2.24. The SMILES string of the molecule is CCOC(C)OCC[C@@](C)(CCC=C(C)C)OCc1ccccc1. The average Bonchev–Trinajstić information content (AvgIpc) is 2.54. The van der Waals surface area contributed by atoms with Gasteiger partial charge >= 0.3 is 0 Å². The van der Waals surface area contributed by atoms with Crippen LogP contribution in [0.2, 0.25) is 0 Å². The van der Waals surface area contributed by atoms with Crippen LogP contribution < -0.4 is 0 Å². The van der Waals surface area contributed by atoms with Crippen LogP contribution >= 0.6 is 0 Å². The van der Waals surface area contributed by atoms with Crippen LogP contribution in [0.3, 0.4) is 0 Å². The van der Waals surface area contributed by atoms with E-state index in [-0.39, 0.29) is 11.9 Å². The molecule has 1 rings (SSSR count). The molecule has 24 heavy (non-hydrogen) atoms. The van der Waals surface area contributed by atoms with Crippen LogP contribution in [0.25, 0.3) is 0 Å². The molecule has 3 heteroatoms. The molecule has 2 atom stereocenters. The van der Waals surface area contributed by atoms with Crippen LogP contribution in [0.5, 0.6) is 0 Å². The maximum Gasteiger partial charge on any atom is 0.154 e. The van der Waals surface area contributed by atoms with Crippen molar-refractivity contribution in [1.82, 2.24) is 0 Å². The van der Waals surface area contributed by atoms with Crippen molar-refractivity contribution in [3.63, 3.8) is 0 Å². The van der Waals surface area contributed by atoms with Crippen molar-refractivity contribution < 1.29 is 14.2 Å². The number of rotatable bonds is 12. The highest BCUT2D eigenvalue weighted by molar-refractivity contribution is 5.13. The fourth-order valence-corrected chi connectivity index (χ4v) is 2.49. The number of hydrogen-bond acceptors (Lipinski definition) is 3. The predicted molar refractivity (Wildman–Crippen MR) is 100.0 cm³/mol. The van der Waals surface area contributed by atoms with Crippen LogP contribution in [0.4, 0.5) is 0 Å². The first kappa shape index (κ1) is 20.9. The van der Waals surface area contributed by atoms with Crippen molar-refractivity contribution in [2.75, 3.05) is 13.2 Å². The number of hydrogen-bond donors (Lipinski definition) is 0. The molecule has 0 aliphatic rings. The fourth-order valence-electron chi connectivity index (χ4n) is 2.49. The zero-order valence-electron chi connectivity index (χ0n) is 16.0. The summed E-state index contributed by atoms with van der Waals surface area (Å²) in [7, 11) is 0. The summed E-state index contributed by atoms with van der Waals surface area (Å²) in [6.07, 6.45) is 4.97. The van der Waals surface area contributed by atoms with Gasteiger partial charge in [0.1, 0.15) is 0 Å². The molecule has 0 saturated carbocycles. The van der Waals surface area contributed by atoms with Gasteiger partial charge in [-0.2, -0.15) is 0 Å². The van der Waals surface area contributed by atoms with Gasteiger partial charge in [0.05, 0.1) is 18.8 Å². The molecular formula is C21H34O3. The molecule has 0 aliphatic heterocycles. The lowest BCUT2D eigenvalue weighted by Crippen LogP contribution is -2.31. The Labute approximate surface area is 148 Å². The molecule has 1 unspecified atom stereocenters. The predicted octanol–water partition coefficient (Wildman–Crippen LogP) is 5.50. The van der Waals surface area contributed by atoms with E-state index in [9.17, 15) is 0 Å². The molecule has 0 N–H and O–H groups in total. The van der Waals surface area contributed by atoms with E-state index in [1.165, 1.54) is 11.1 Å². The summed E-state index contributed by atoms with van der Waals surface area (Å²) >= 11 is 0. The number of benzene rings is 1. The summed E-state index contributed by atoms with van der Waals surface area (Å²) in [5.41, 5.74) is 2.35. The Bertz CT molecular complexity index is 465. The lowest BCUT2D eigenvalue weighted by atomic mass is 9.95. The third kappa shape index (κ3) is 9.21. The van der Waals surface area contributed by atoms with Gasteiger partial charge in [-0.05, 0) is 59.4 Å². The standard InChI is InChI=1S/C21H34O3/c1-6-22-19(4)23-16-15-21(5,14-10-11-18(2)3)24-17-20-12-8-7-9-13-20/h7-9,11-13,19H,6,10,14-17H2,1-5H3/t19?,21-/m1/s1. The largest absolute Gasteiger partial charge is 0.371 e. The highest BCUT2D eigenvalue weighted by atomic mass is 16.7. The van der Waals surface area contributed by atoms with E-state index in [0.29, 0.717) is 19.8 Å². The minimum absolute atomic E-state index is 0.161. The third-order valence-electron chi connectivity index (χ3n) is 4.04. The molecule has 3 nitrogen and oxygen atoms in total. The molecule has 0 fully saturated rings. The monoisotopic (exact) mass is 334 g/mol. The minimum Gasteiger partial charge on any atom is -0.371 e. The van der Waals surface area contributed by atoms with Gasteiger partial charge in [-0.15, -0.1) is 0 Å². The van der Waals surface area contributed by atoms with E-state index in [2.05, 4.69) is 39.0 Å². The smallest absolute Gasteiger partial charge is 0.154 e. The Kier molecular flexibility index (Phi) is 9.92. The summed E-state index contributed by atoms with van der Waals surface area (Å²) in [6.45, 7) is 12.3. The van der Waals surface area contributed by atoms with E-state index < -0.39 is 0 Å². The van der Waals surface area contributed by atoms with Crippen molar-refractivity contribution >= 4 is 0 Å². The quantitative estimate of drug-likeness (QED) is 0.373. The zero-order chi connectivity index (χ0) is 17.8. The molecule has 0 heterocycles. The maximum atomic E-state index is 6.29. The lowest BCUT2D eigenvalue weighted by molar-refractivity contribution is -0.143. The van der Waals surface area contributed by atoms with Crippen molar-refractivity contribution in [2.45, 2.75) is 72.4 Å². The van der Waals surface area contributed by atoms with Crippen LogP contribution in [-0.2, 0) is 20.8 Å². The van der Waals surface area contributed by atoms with Gasteiger partial charge in [0.2, 0.25) is 0 Å². The van der Waals surface area contributed by atoms with Crippen molar-refractivity contribution in [3.05, 3.63) is 47.5 Å². The molecule has 0 aliphatic carbocycles. The molecule has 0 amide bonds. The third-order valence-corrected chi connectivity index (χ3v) is 4.04. The number of ether oxygens (including phenoxy) is 3. The molecule has 136 valence electrons. The van der Waals surface area contributed by atoms with Crippen LogP contribution in [0.1, 0.15) is 59.4 Å². The summed E-state index contributed by atoms with van der Waals surface area (Å²) in [4.78, 5) is 0. The summed E-state index contributed by atoms with van der Waals surface area (Å²) in [6, 6.07) is 10.3. The van der Waals surface area contributed by atoms with E-state index in [1.807, 2.05) is 32.0 Å². The van der Waals surface area contributed by atoms with E-state index in [0.717, 1.165) is 19.3 Å². The molecule has 0 radical (unpaired) electrons. The fraction of sp³-hybridized carbons (Fsp3) is 0.619. The molecule has 1 aromatic rings. The summed E-state index contributed by atoms with van der Waals surface area (Å²) in [5, 5.41) is 0. The van der Waals surface area contributed by atoms with E-state index in [4.69, 9.17) is 14.2 Å². The van der Waals surface area contributed by atoms with Crippen molar-refractivity contribution in [1.29, 1.82) is 0 Å². The Hall–Kier alpha value is -1.16. The highest BCUT2D eigenvalue weighted by Crippen LogP contribution is 2.25. The van der Waals surface area contributed by atoms with Crippen LogP contribution in [0.15, 0.2) is 42.0 Å². The first-order chi connectivity index (χ1) is 11.4. The minimum atomic E-state index is -0.201. The van der Waals surface area contributed by atoms with E-state index in [1.54, 1.807) is 0 Å². The van der Waals surface area contributed by atoms with Crippen molar-refractivity contribution in [3.8, 4) is 0 Å². The van der Waals surface area contributed by atoms with Crippen molar-refractivity contribution in [2.24, 2.45) is 0 Å². The normalized spacial score (nSPS) is 14.9. The van der Waals surface area contributed by atoms with Gasteiger partial charge in [0, 0.05) is 6.61 Å². The van der Waals surface area contributed by atoms with E-state index >= 15 is 0 Å². The first-order valence-electron chi connectivity index (χ1n) is 8.99. The Morgan fingerprint density at radius 1 is 1.12 bits per heavy atom. The second-order valence-corrected chi connectivity index (χ2v) is 6.69. The van der Waals surface area contributed by atoms with Gasteiger partial charge in [-0.1, -0.05) is 42.0 Å². The second kappa shape index (κ2) is 11.4.